The van der Waals surface area contributed by atoms with Crippen molar-refractivity contribution >= 4 is 6.29 Å². The first-order valence-corrected chi connectivity index (χ1v) is 5.88. The van der Waals surface area contributed by atoms with Crippen molar-refractivity contribution < 1.29 is 4.79 Å². The number of unbranched alkanes of at least 4 members (excludes halogenated alkanes) is 1. The average molecular weight is 205 g/mol. The number of hydrogen-bond donors (Lipinski definition) is 1. The van der Waals surface area contributed by atoms with Crippen LogP contribution >= 0.6 is 0 Å². The van der Waals surface area contributed by atoms with Gasteiger partial charge in [-0.15, -0.1) is 0 Å². The minimum absolute atomic E-state index is 0.639. The van der Waals surface area contributed by atoms with Crippen molar-refractivity contribution in [2.75, 3.05) is 6.54 Å². The monoisotopic (exact) mass is 205 g/mol. The molecule has 0 bridgehead atoms. The minimum atomic E-state index is 0.639. The van der Waals surface area contributed by atoms with E-state index in [4.69, 9.17) is 5.73 Å². The quantitative estimate of drug-likeness (QED) is 0.712. The molecule has 0 fully saturated rings. The summed E-state index contributed by atoms with van der Waals surface area (Å²) in [6.45, 7) is 13.0. The Morgan fingerprint density at radius 3 is 1.36 bits per heavy atom. The van der Waals surface area contributed by atoms with Gasteiger partial charge in [0.15, 0.2) is 0 Å². The molecule has 0 aliphatic rings. The highest BCUT2D eigenvalue weighted by atomic mass is 16.1. The summed E-state index contributed by atoms with van der Waals surface area (Å²) in [7, 11) is 0. The maximum Gasteiger partial charge on any atom is 0.119 e. The summed E-state index contributed by atoms with van der Waals surface area (Å²) in [6.07, 6.45) is 5.15. The van der Waals surface area contributed by atoms with E-state index in [-0.39, 0.29) is 0 Å². The second kappa shape index (κ2) is 53.9. The summed E-state index contributed by atoms with van der Waals surface area (Å²) >= 11 is 0. The minimum Gasteiger partial charge on any atom is -0.330 e. The lowest BCUT2D eigenvalue weighted by Crippen LogP contribution is -1.95. The molecule has 2 nitrogen and oxygen atoms in total. The molecule has 0 heterocycles. The molecule has 90 valence electrons. The molecule has 0 aromatic carbocycles. The van der Waals surface area contributed by atoms with Gasteiger partial charge in [-0.05, 0) is 13.0 Å². The molecule has 0 atom stereocenters. The summed E-state index contributed by atoms with van der Waals surface area (Å²) in [5.74, 6) is 0. The zero-order valence-electron chi connectivity index (χ0n) is 11.1. The molecule has 0 saturated carbocycles. The molecule has 0 unspecified atom stereocenters. The topological polar surface area (TPSA) is 43.1 Å². The van der Waals surface area contributed by atoms with E-state index in [1.165, 1.54) is 19.3 Å². The summed E-state index contributed by atoms with van der Waals surface area (Å²) in [6, 6.07) is 0. The predicted octanol–water partition coefficient (Wildman–Crippen LogP) is 3.78. The molecule has 0 amide bonds. The molecule has 0 radical (unpaired) electrons. The zero-order valence-corrected chi connectivity index (χ0v) is 11.1. The molecule has 2 N–H and O–H groups in total. The summed E-state index contributed by atoms with van der Waals surface area (Å²) in [5.41, 5.74) is 5.14. The Morgan fingerprint density at radius 2 is 1.36 bits per heavy atom. The first-order chi connectivity index (χ1) is 6.74. The molecule has 0 aromatic rings. The van der Waals surface area contributed by atoms with E-state index < -0.39 is 0 Å². The van der Waals surface area contributed by atoms with Crippen molar-refractivity contribution in [3.8, 4) is 0 Å². The molecule has 0 saturated heterocycles. The third kappa shape index (κ3) is 190. The maximum atomic E-state index is 9.17. The van der Waals surface area contributed by atoms with E-state index in [9.17, 15) is 4.79 Å². The van der Waals surface area contributed by atoms with E-state index in [1.807, 2.05) is 20.8 Å². The fourth-order valence-electron chi connectivity index (χ4n) is 0.204. The van der Waals surface area contributed by atoms with Gasteiger partial charge in [-0.1, -0.05) is 54.4 Å². The van der Waals surface area contributed by atoms with E-state index in [0.717, 1.165) is 12.8 Å². The largest absolute Gasteiger partial charge is 0.330 e. The molecular weight excluding hydrogens is 174 g/mol. The van der Waals surface area contributed by atoms with Crippen molar-refractivity contribution in [3.05, 3.63) is 0 Å². The SMILES string of the molecule is CC.CCC.CCC=O.CCCCN. The summed E-state index contributed by atoms with van der Waals surface area (Å²) < 4.78 is 0. The molecule has 0 aromatic heterocycles. The lowest BCUT2D eigenvalue weighted by Gasteiger charge is -1.80. The van der Waals surface area contributed by atoms with E-state index in [0.29, 0.717) is 6.42 Å². The highest BCUT2D eigenvalue weighted by Crippen LogP contribution is 1.77. The van der Waals surface area contributed by atoms with Crippen LogP contribution in [0.4, 0.5) is 0 Å². The smallest absolute Gasteiger partial charge is 0.119 e. The van der Waals surface area contributed by atoms with Crippen molar-refractivity contribution in [2.45, 2.75) is 67.2 Å². The number of nitrogens with two attached hydrogens (primary N) is 1. The van der Waals surface area contributed by atoms with Gasteiger partial charge in [0, 0.05) is 6.42 Å². The normalized spacial score (nSPS) is 6.50. The van der Waals surface area contributed by atoms with Gasteiger partial charge in [0.05, 0.1) is 0 Å². The van der Waals surface area contributed by atoms with Crippen LogP contribution in [0.15, 0.2) is 0 Å². The Balaban J connectivity index is -0.0000000505. The van der Waals surface area contributed by atoms with Crippen molar-refractivity contribution in [1.29, 1.82) is 0 Å². The number of rotatable bonds is 3. The highest BCUT2D eigenvalue weighted by Gasteiger charge is 1.67. The van der Waals surface area contributed by atoms with E-state index in [2.05, 4.69) is 20.8 Å². The third-order valence-corrected chi connectivity index (χ3v) is 0.724. The van der Waals surface area contributed by atoms with Gasteiger partial charge in [-0.3, -0.25) is 0 Å². The van der Waals surface area contributed by atoms with Gasteiger partial charge >= 0.3 is 0 Å². The van der Waals surface area contributed by atoms with Crippen LogP contribution in [-0.4, -0.2) is 12.8 Å². The number of carbonyl (C=O) groups is 1. The second-order valence-electron chi connectivity index (χ2n) is 2.42. The first kappa shape index (κ1) is 23.4. The van der Waals surface area contributed by atoms with Gasteiger partial charge in [0.2, 0.25) is 0 Å². The van der Waals surface area contributed by atoms with E-state index >= 15 is 0 Å². The molecule has 2 heteroatoms. The molecule has 0 aliphatic carbocycles. The Bertz CT molecular complexity index is 54.3. The van der Waals surface area contributed by atoms with Crippen LogP contribution in [0.3, 0.4) is 0 Å². The first-order valence-electron chi connectivity index (χ1n) is 5.88. The third-order valence-electron chi connectivity index (χ3n) is 0.724. The second-order valence-corrected chi connectivity index (χ2v) is 2.42. The molecule has 0 rings (SSSR count). The van der Waals surface area contributed by atoms with Crippen molar-refractivity contribution in [2.24, 2.45) is 5.73 Å². The Morgan fingerprint density at radius 1 is 1.07 bits per heavy atom. The van der Waals surface area contributed by atoms with Gasteiger partial charge in [-0.2, -0.15) is 0 Å². The van der Waals surface area contributed by atoms with Crippen molar-refractivity contribution in [3.63, 3.8) is 0 Å². The average Bonchev–Trinajstić information content (AvgIpc) is 2.24. The maximum absolute atomic E-state index is 9.17. The van der Waals surface area contributed by atoms with Crippen LogP contribution in [0, 0.1) is 0 Å². The number of aldehydes is 1. The zero-order chi connectivity index (χ0) is 12.2. The predicted molar refractivity (Wildman–Crippen MR) is 67.6 cm³/mol. The molecule has 0 aliphatic heterocycles. The van der Waals surface area contributed by atoms with Crippen LogP contribution in [-0.2, 0) is 4.79 Å². The molecule has 14 heavy (non-hydrogen) atoms. The standard InChI is InChI=1S/C4H11N.C3H6O.C3H8.C2H6/c1-2-3-4-5;1-2-3-4;1-3-2;1-2/h2-5H2,1H3;3H,2H2,1H3;3H2,1-2H3;1-2H3. The van der Waals surface area contributed by atoms with Gasteiger partial charge in [0.25, 0.3) is 0 Å². The lowest BCUT2D eigenvalue weighted by atomic mass is 10.3. The van der Waals surface area contributed by atoms with Gasteiger partial charge in [-0.25, -0.2) is 0 Å². The number of carbonyl (C=O) groups excluding carboxylic acids is 1. The van der Waals surface area contributed by atoms with Crippen LogP contribution in [0.1, 0.15) is 67.2 Å². The Kier molecular flexibility index (Phi) is 90.3. The number of hydrogen-bond acceptors (Lipinski definition) is 2. The molecular formula is C12H31NO. The Hall–Kier alpha value is -0.370. The van der Waals surface area contributed by atoms with E-state index in [1.54, 1.807) is 0 Å². The summed E-state index contributed by atoms with van der Waals surface area (Å²) in [5, 5.41) is 0. The van der Waals surface area contributed by atoms with Crippen molar-refractivity contribution in [1.82, 2.24) is 0 Å². The fraction of sp³-hybridized carbons (Fsp3) is 0.917. The summed E-state index contributed by atoms with van der Waals surface area (Å²) in [4.78, 5) is 9.17. The van der Waals surface area contributed by atoms with Crippen LogP contribution in [0.2, 0.25) is 0 Å². The van der Waals surface area contributed by atoms with Crippen LogP contribution in [0.25, 0.3) is 0 Å². The Labute approximate surface area is 91.3 Å². The van der Waals surface area contributed by atoms with Crippen LogP contribution in [0.5, 0.6) is 0 Å². The van der Waals surface area contributed by atoms with Gasteiger partial charge in [0.1, 0.15) is 6.29 Å². The fourth-order valence-corrected chi connectivity index (χ4v) is 0.204. The van der Waals surface area contributed by atoms with Crippen LogP contribution < -0.4 is 5.73 Å². The highest BCUT2D eigenvalue weighted by molar-refractivity contribution is 5.48. The lowest BCUT2D eigenvalue weighted by molar-refractivity contribution is -0.107. The molecule has 0 spiro atoms. The van der Waals surface area contributed by atoms with Gasteiger partial charge < -0.3 is 10.5 Å².